The lowest BCUT2D eigenvalue weighted by Gasteiger charge is -2.22. The molecule has 0 saturated carbocycles. The molecule has 1 amide bonds. The predicted molar refractivity (Wildman–Crippen MR) is 153 cm³/mol. The monoisotopic (exact) mass is 546 g/mol. The Morgan fingerprint density at radius 1 is 0.976 bits per heavy atom. The molecule has 206 valence electrons. The number of carbonyl (C=O) groups is 1. The first-order valence-corrected chi connectivity index (χ1v) is 13.5. The van der Waals surface area contributed by atoms with Crippen LogP contribution in [0.4, 0.5) is 0 Å². The Balaban J connectivity index is 1.28. The molecular weight excluding hydrogens is 516 g/mol. The van der Waals surface area contributed by atoms with Gasteiger partial charge in [-0.05, 0) is 73.4 Å². The molecule has 0 radical (unpaired) electrons. The first-order chi connectivity index (χ1) is 19.9. The Hall–Kier alpha value is -5.05. The third-order valence-corrected chi connectivity index (χ3v) is 7.37. The van der Waals surface area contributed by atoms with E-state index in [2.05, 4.69) is 57.9 Å². The van der Waals surface area contributed by atoms with Crippen molar-refractivity contribution in [3.05, 3.63) is 130 Å². The number of nitrogens with one attached hydrogen (secondary N) is 1. The summed E-state index contributed by atoms with van der Waals surface area (Å²) in [7, 11) is 0. The van der Waals surface area contributed by atoms with Gasteiger partial charge in [0, 0.05) is 5.39 Å². The molecule has 41 heavy (non-hydrogen) atoms. The van der Waals surface area contributed by atoms with E-state index in [1.54, 1.807) is 0 Å². The lowest BCUT2D eigenvalue weighted by atomic mass is 9.93. The molecule has 0 spiro atoms. The van der Waals surface area contributed by atoms with Gasteiger partial charge in [0.2, 0.25) is 5.91 Å². The van der Waals surface area contributed by atoms with Crippen LogP contribution in [0.2, 0.25) is 0 Å². The van der Waals surface area contributed by atoms with Gasteiger partial charge < -0.3 is 14.3 Å². The average molecular weight is 547 g/mol. The first-order valence-electron chi connectivity index (χ1n) is 13.5. The Bertz CT molecular complexity index is 1800. The number of tetrazole rings is 1. The summed E-state index contributed by atoms with van der Waals surface area (Å²) < 4.78 is 11.7. The summed E-state index contributed by atoms with van der Waals surface area (Å²) >= 11 is 0. The van der Waals surface area contributed by atoms with Crippen LogP contribution in [-0.2, 0) is 11.2 Å². The van der Waals surface area contributed by atoms with Gasteiger partial charge >= 0.3 is 0 Å². The van der Waals surface area contributed by atoms with E-state index in [-0.39, 0.29) is 18.4 Å². The van der Waals surface area contributed by atoms with Crippen LogP contribution in [0.5, 0.6) is 0 Å². The zero-order valence-corrected chi connectivity index (χ0v) is 23.3. The number of furan rings is 1. The molecule has 0 bridgehead atoms. The largest absolute Gasteiger partial charge is 0.458 e. The number of hydrogen-bond acceptors (Lipinski definition) is 7. The molecule has 2 unspecified atom stereocenters. The molecule has 0 fully saturated rings. The molecule has 2 atom stereocenters. The van der Waals surface area contributed by atoms with Crippen molar-refractivity contribution in [2.24, 2.45) is 0 Å². The summed E-state index contributed by atoms with van der Waals surface area (Å²) in [5.41, 5.74) is 7.56. The molecule has 0 aliphatic rings. The maximum atomic E-state index is 13.4. The first kappa shape index (κ1) is 26.2. The summed E-state index contributed by atoms with van der Waals surface area (Å²) in [5, 5.41) is 20.5. The molecule has 9 nitrogen and oxygen atoms in total. The SMILES string of the molecule is Cc1ccc(C(NC(=O)Cc2ccc3oc(C(c4c(C)noc4C)n4ncnn4)cc3c2)c2ccccc2)c(C)c1. The Morgan fingerprint density at radius 2 is 1.80 bits per heavy atom. The molecule has 9 heteroatoms. The second kappa shape index (κ2) is 10.8. The number of nitrogens with zero attached hydrogens (tertiary/aromatic N) is 5. The zero-order chi connectivity index (χ0) is 28.5. The lowest BCUT2D eigenvalue weighted by molar-refractivity contribution is -0.120. The van der Waals surface area contributed by atoms with Gasteiger partial charge in [0.05, 0.1) is 23.7 Å². The normalized spacial score (nSPS) is 12.9. The van der Waals surface area contributed by atoms with Crippen molar-refractivity contribution in [3.63, 3.8) is 0 Å². The van der Waals surface area contributed by atoms with Gasteiger partial charge in [0.15, 0.2) is 12.4 Å². The highest BCUT2D eigenvalue weighted by Crippen LogP contribution is 2.34. The fourth-order valence-corrected chi connectivity index (χ4v) is 5.44. The molecule has 0 aliphatic heterocycles. The van der Waals surface area contributed by atoms with Crippen molar-refractivity contribution >= 4 is 16.9 Å². The smallest absolute Gasteiger partial charge is 0.225 e. The topological polar surface area (TPSA) is 112 Å². The third-order valence-electron chi connectivity index (χ3n) is 7.37. The second-order valence-electron chi connectivity index (χ2n) is 10.4. The number of aromatic nitrogens is 5. The van der Waals surface area contributed by atoms with Crippen molar-refractivity contribution in [3.8, 4) is 0 Å². The number of carbonyl (C=O) groups excluding carboxylic acids is 1. The number of hydrogen-bond donors (Lipinski definition) is 1. The number of benzene rings is 3. The zero-order valence-electron chi connectivity index (χ0n) is 23.3. The van der Waals surface area contributed by atoms with Gasteiger partial charge in [-0.15, -0.1) is 15.0 Å². The van der Waals surface area contributed by atoms with E-state index in [1.807, 2.05) is 68.4 Å². The molecule has 0 aliphatic carbocycles. The fraction of sp³-hybridized carbons (Fsp3) is 0.219. The minimum absolute atomic E-state index is 0.0673. The molecule has 6 aromatic rings. The summed E-state index contributed by atoms with van der Waals surface area (Å²) in [6, 6.07) is 23.4. The van der Waals surface area contributed by atoms with Crippen molar-refractivity contribution < 1.29 is 13.7 Å². The van der Waals surface area contributed by atoms with E-state index < -0.39 is 6.04 Å². The molecule has 3 heterocycles. The van der Waals surface area contributed by atoms with E-state index in [9.17, 15) is 4.79 Å². The van der Waals surface area contributed by atoms with E-state index in [0.717, 1.165) is 38.9 Å². The van der Waals surface area contributed by atoms with Crippen LogP contribution in [-0.4, -0.2) is 31.3 Å². The minimum atomic E-state index is -0.493. The summed E-state index contributed by atoms with van der Waals surface area (Å²) in [5.74, 6) is 1.20. The van der Waals surface area contributed by atoms with Crippen molar-refractivity contribution in [1.29, 1.82) is 0 Å². The van der Waals surface area contributed by atoms with E-state index >= 15 is 0 Å². The molecule has 3 aromatic heterocycles. The minimum Gasteiger partial charge on any atom is -0.458 e. The number of rotatable bonds is 8. The average Bonchev–Trinajstić information content (AvgIpc) is 3.71. The maximum Gasteiger partial charge on any atom is 0.225 e. The Kier molecular flexibility index (Phi) is 6.93. The standard InChI is InChI=1S/C32H30N6O3/c1-19-10-12-26(20(2)14-19)31(24-8-6-5-7-9-24)35-29(39)16-23-11-13-27-25(15-23)17-28(40-27)32(38-34-18-33-37-38)30-21(3)36-41-22(30)4/h5-15,17-18,31-32H,16H2,1-4H3,(H,35,39). The summed E-state index contributed by atoms with van der Waals surface area (Å²) in [6.07, 6.45) is 1.61. The van der Waals surface area contributed by atoms with E-state index in [0.29, 0.717) is 17.1 Å². The highest BCUT2D eigenvalue weighted by molar-refractivity contribution is 5.83. The van der Waals surface area contributed by atoms with Crippen molar-refractivity contribution in [2.75, 3.05) is 0 Å². The van der Waals surface area contributed by atoms with Crippen LogP contribution in [0.25, 0.3) is 11.0 Å². The molecular formula is C32H30N6O3. The van der Waals surface area contributed by atoms with Gasteiger partial charge in [0.25, 0.3) is 0 Å². The van der Waals surface area contributed by atoms with Gasteiger partial charge in [-0.3, -0.25) is 4.79 Å². The number of amides is 1. The highest BCUT2D eigenvalue weighted by Gasteiger charge is 2.29. The van der Waals surface area contributed by atoms with Crippen LogP contribution in [0.1, 0.15) is 62.7 Å². The maximum absolute atomic E-state index is 13.4. The van der Waals surface area contributed by atoms with Gasteiger partial charge in [-0.2, -0.15) is 0 Å². The number of fused-ring (bicyclic) bond motifs is 1. The van der Waals surface area contributed by atoms with Crippen LogP contribution in [0, 0.1) is 27.7 Å². The highest BCUT2D eigenvalue weighted by atomic mass is 16.5. The quantitative estimate of drug-likeness (QED) is 0.260. The number of aryl methyl sites for hydroxylation is 4. The molecule has 0 saturated heterocycles. The van der Waals surface area contributed by atoms with Crippen molar-refractivity contribution in [2.45, 2.75) is 46.2 Å². The van der Waals surface area contributed by atoms with Gasteiger partial charge in [-0.25, -0.2) is 0 Å². The van der Waals surface area contributed by atoms with Crippen LogP contribution in [0.15, 0.2) is 88.1 Å². The summed E-state index contributed by atoms with van der Waals surface area (Å²) in [6.45, 7) is 7.87. The molecule has 3 aromatic carbocycles. The lowest BCUT2D eigenvalue weighted by Crippen LogP contribution is -2.31. The second-order valence-corrected chi connectivity index (χ2v) is 10.4. The Labute approximate surface area is 237 Å². The van der Waals surface area contributed by atoms with Gasteiger partial charge in [0.1, 0.15) is 17.1 Å². The van der Waals surface area contributed by atoms with E-state index in [4.69, 9.17) is 8.94 Å². The fourth-order valence-electron chi connectivity index (χ4n) is 5.44. The Morgan fingerprint density at radius 3 is 2.51 bits per heavy atom. The summed E-state index contributed by atoms with van der Waals surface area (Å²) in [4.78, 5) is 14.9. The van der Waals surface area contributed by atoms with Gasteiger partial charge in [-0.1, -0.05) is 65.3 Å². The van der Waals surface area contributed by atoms with E-state index in [1.165, 1.54) is 16.7 Å². The molecule has 1 N–H and O–H groups in total. The van der Waals surface area contributed by atoms with Crippen LogP contribution in [0.3, 0.4) is 0 Å². The van der Waals surface area contributed by atoms with Crippen LogP contribution >= 0.6 is 0 Å². The predicted octanol–water partition coefficient (Wildman–Crippen LogP) is 5.73. The van der Waals surface area contributed by atoms with Crippen LogP contribution < -0.4 is 5.32 Å². The molecule has 6 rings (SSSR count). The third kappa shape index (κ3) is 5.26. The van der Waals surface area contributed by atoms with Crippen molar-refractivity contribution in [1.82, 2.24) is 30.7 Å².